The fourth-order valence-electron chi connectivity index (χ4n) is 1.66. The maximum atomic E-state index is 13.7. The molecule has 0 bridgehead atoms. The lowest BCUT2D eigenvalue weighted by Crippen LogP contribution is -2.49. The maximum absolute atomic E-state index is 13.7. The van der Waals surface area contributed by atoms with Gasteiger partial charge in [0.05, 0.1) is 5.69 Å². The van der Waals surface area contributed by atoms with Crippen molar-refractivity contribution < 1.29 is 14.0 Å². The molecule has 0 heterocycles. The van der Waals surface area contributed by atoms with Gasteiger partial charge in [0.15, 0.2) is 0 Å². The smallest absolute Gasteiger partial charge is 0.312 e. The number of nitrogens with two attached hydrogens (primary N) is 1. The molecular formula is C13H17BrFN3O2. The third-order valence-electron chi connectivity index (χ3n) is 2.98. The van der Waals surface area contributed by atoms with Crippen LogP contribution in [0, 0.1) is 11.7 Å². The van der Waals surface area contributed by atoms with Crippen LogP contribution in [0.25, 0.3) is 0 Å². The van der Waals surface area contributed by atoms with E-state index in [0.717, 1.165) is 0 Å². The number of carbonyl (C=O) groups excluding carboxylic acids is 2. The maximum Gasteiger partial charge on any atom is 0.312 e. The third kappa shape index (κ3) is 4.48. The van der Waals surface area contributed by atoms with Crippen molar-refractivity contribution in [1.29, 1.82) is 0 Å². The molecule has 0 saturated carbocycles. The lowest BCUT2D eigenvalue weighted by Gasteiger charge is -2.22. The topological polar surface area (TPSA) is 84.2 Å². The van der Waals surface area contributed by atoms with Gasteiger partial charge in [-0.1, -0.05) is 36.2 Å². The summed E-state index contributed by atoms with van der Waals surface area (Å²) >= 11 is 3.13. The van der Waals surface area contributed by atoms with Crippen molar-refractivity contribution in [2.45, 2.75) is 26.3 Å². The Labute approximate surface area is 125 Å². The average Bonchev–Trinajstić information content (AvgIpc) is 2.38. The number of urea groups is 1. The van der Waals surface area contributed by atoms with Crippen molar-refractivity contribution in [3.63, 3.8) is 0 Å². The van der Waals surface area contributed by atoms with E-state index in [-0.39, 0.29) is 11.6 Å². The first-order valence-corrected chi connectivity index (χ1v) is 6.96. The van der Waals surface area contributed by atoms with Gasteiger partial charge in [0.25, 0.3) is 0 Å². The van der Waals surface area contributed by atoms with E-state index in [4.69, 9.17) is 5.73 Å². The van der Waals surface area contributed by atoms with E-state index in [1.807, 2.05) is 6.92 Å². The molecule has 0 aliphatic carbocycles. The number of hydrogen-bond donors (Lipinski definition) is 3. The molecule has 1 aromatic carbocycles. The standard InChI is InChI=1S/C13H17BrFN3O2/c1-3-7(2)11(18-13(16)20)12(19)17-10-5-4-8(14)6-9(10)15/h4-7,11H,3H2,1-2H3,(H,17,19)(H3,16,18,20). The molecule has 0 aromatic heterocycles. The minimum Gasteiger partial charge on any atom is -0.352 e. The van der Waals surface area contributed by atoms with Gasteiger partial charge in [-0.15, -0.1) is 0 Å². The molecule has 0 radical (unpaired) electrons. The lowest BCUT2D eigenvalue weighted by atomic mass is 9.98. The third-order valence-corrected chi connectivity index (χ3v) is 3.48. The van der Waals surface area contributed by atoms with Crippen LogP contribution >= 0.6 is 15.9 Å². The summed E-state index contributed by atoms with van der Waals surface area (Å²) in [4.78, 5) is 23.1. The SMILES string of the molecule is CCC(C)C(NC(N)=O)C(=O)Nc1ccc(Br)cc1F. The molecule has 0 spiro atoms. The van der Waals surface area contributed by atoms with Gasteiger partial charge in [-0.25, -0.2) is 9.18 Å². The van der Waals surface area contributed by atoms with Crippen molar-refractivity contribution in [2.75, 3.05) is 5.32 Å². The van der Waals surface area contributed by atoms with Crippen molar-refractivity contribution >= 4 is 33.6 Å². The molecule has 110 valence electrons. The first-order valence-electron chi connectivity index (χ1n) is 6.17. The first kappa shape index (κ1) is 16.4. The summed E-state index contributed by atoms with van der Waals surface area (Å²) in [5.74, 6) is -1.19. The Hall–Kier alpha value is -1.63. The van der Waals surface area contributed by atoms with Crippen LogP contribution in [-0.4, -0.2) is 18.0 Å². The zero-order chi connectivity index (χ0) is 15.3. The number of hydrogen-bond acceptors (Lipinski definition) is 2. The second-order valence-electron chi connectivity index (χ2n) is 4.49. The molecule has 3 amide bonds. The Morgan fingerprint density at radius 3 is 2.60 bits per heavy atom. The van der Waals surface area contributed by atoms with Gasteiger partial charge < -0.3 is 16.4 Å². The minimum absolute atomic E-state index is 0.0535. The van der Waals surface area contributed by atoms with Crippen LogP contribution in [0.5, 0.6) is 0 Å². The zero-order valence-corrected chi connectivity index (χ0v) is 12.8. The van der Waals surface area contributed by atoms with E-state index in [1.165, 1.54) is 12.1 Å². The van der Waals surface area contributed by atoms with E-state index >= 15 is 0 Å². The van der Waals surface area contributed by atoms with Crippen LogP contribution < -0.4 is 16.4 Å². The van der Waals surface area contributed by atoms with Gasteiger partial charge in [0.2, 0.25) is 5.91 Å². The monoisotopic (exact) mass is 345 g/mol. The van der Waals surface area contributed by atoms with E-state index in [1.54, 1.807) is 13.0 Å². The highest BCUT2D eigenvalue weighted by Gasteiger charge is 2.25. The highest BCUT2D eigenvalue weighted by molar-refractivity contribution is 9.10. The Morgan fingerprint density at radius 1 is 1.45 bits per heavy atom. The summed E-state index contributed by atoms with van der Waals surface area (Å²) in [6.45, 7) is 3.69. The van der Waals surface area contributed by atoms with Crippen molar-refractivity contribution in [1.82, 2.24) is 5.32 Å². The fourth-order valence-corrected chi connectivity index (χ4v) is 1.99. The zero-order valence-electron chi connectivity index (χ0n) is 11.2. The number of benzene rings is 1. The Bertz CT molecular complexity index is 510. The molecular weight excluding hydrogens is 329 g/mol. The average molecular weight is 346 g/mol. The molecule has 1 aromatic rings. The molecule has 1 rings (SSSR count). The van der Waals surface area contributed by atoms with E-state index in [0.29, 0.717) is 10.9 Å². The number of halogens is 2. The molecule has 20 heavy (non-hydrogen) atoms. The van der Waals surface area contributed by atoms with Crippen LogP contribution in [0.2, 0.25) is 0 Å². The predicted molar refractivity (Wildman–Crippen MR) is 78.7 cm³/mol. The number of nitrogens with one attached hydrogen (secondary N) is 2. The summed E-state index contributed by atoms with van der Waals surface area (Å²) < 4.78 is 14.2. The van der Waals surface area contributed by atoms with Gasteiger partial charge in [-0.2, -0.15) is 0 Å². The fraction of sp³-hybridized carbons (Fsp3) is 0.385. The van der Waals surface area contributed by atoms with E-state index in [2.05, 4.69) is 26.6 Å². The molecule has 5 nitrogen and oxygen atoms in total. The Balaban J connectivity index is 2.87. The summed E-state index contributed by atoms with van der Waals surface area (Å²) in [6.07, 6.45) is 0.668. The Kier molecular flexibility index (Phi) is 5.94. The second kappa shape index (κ2) is 7.23. The van der Waals surface area contributed by atoms with Crippen LogP contribution in [0.4, 0.5) is 14.9 Å². The number of amides is 3. The number of primary amides is 1. The van der Waals surface area contributed by atoms with Crippen LogP contribution in [-0.2, 0) is 4.79 Å². The van der Waals surface area contributed by atoms with Crippen LogP contribution in [0.3, 0.4) is 0 Å². The quantitative estimate of drug-likeness (QED) is 0.766. The molecule has 0 fully saturated rings. The van der Waals surface area contributed by atoms with Crippen molar-refractivity contribution in [3.8, 4) is 0 Å². The summed E-state index contributed by atoms with van der Waals surface area (Å²) in [7, 11) is 0. The summed E-state index contributed by atoms with van der Waals surface area (Å²) in [5.41, 5.74) is 5.11. The van der Waals surface area contributed by atoms with Crippen LogP contribution in [0.15, 0.2) is 22.7 Å². The highest BCUT2D eigenvalue weighted by Crippen LogP contribution is 2.20. The molecule has 0 aliphatic rings. The summed E-state index contributed by atoms with van der Waals surface area (Å²) in [5, 5.41) is 4.83. The van der Waals surface area contributed by atoms with E-state index in [9.17, 15) is 14.0 Å². The predicted octanol–water partition coefficient (Wildman–Crippen LogP) is 2.61. The molecule has 2 unspecified atom stereocenters. The molecule has 7 heteroatoms. The van der Waals surface area contributed by atoms with Crippen molar-refractivity contribution in [2.24, 2.45) is 11.7 Å². The molecule has 4 N–H and O–H groups in total. The number of anilines is 1. The van der Waals surface area contributed by atoms with Gasteiger partial charge in [0.1, 0.15) is 11.9 Å². The second-order valence-corrected chi connectivity index (χ2v) is 5.40. The lowest BCUT2D eigenvalue weighted by molar-refractivity contribution is -0.119. The van der Waals surface area contributed by atoms with Gasteiger partial charge in [-0.3, -0.25) is 4.79 Å². The minimum atomic E-state index is -0.805. The molecule has 0 aliphatic heterocycles. The number of rotatable bonds is 5. The highest BCUT2D eigenvalue weighted by atomic mass is 79.9. The Morgan fingerprint density at radius 2 is 2.10 bits per heavy atom. The first-order chi connectivity index (χ1) is 9.35. The summed E-state index contributed by atoms with van der Waals surface area (Å²) in [6, 6.07) is 2.70. The van der Waals surface area contributed by atoms with Crippen LogP contribution in [0.1, 0.15) is 20.3 Å². The number of carbonyl (C=O) groups is 2. The van der Waals surface area contributed by atoms with Gasteiger partial charge in [-0.05, 0) is 24.1 Å². The largest absolute Gasteiger partial charge is 0.352 e. The normalized spacial score (nSPS) is 13.4. The van der Waals surface area contributed by atoms with Crippen molar-refractivity contribution in [3.05, 3.63) is 28.5 Å². The molecule has 2 atom stereocenters. The molecule has 0 saturated heterocycles. The van der Waals surface area contributed by atoms with Gasteiger partial charge in [0, 0.05) is 4.47 Å². The van der Waals surface area contributed by atoms with Gasteiger partial charge >= 0.3 is 6.03 Å². The van der Waals surface area contributed by atoms with E-state index < -0.39 is 23.8 Å².